The smallest absolute Gasteiger partial charge is 0.294 e. The van der Waals surface area contributed by atoms with E-state index in [1.165, 1.54) is 16.2 Å². The summed E-state index contributed by atoms with van der Waals surface area (Å²) in [6, 6.07) is 24.3. The summed E-state index contributed by atoms with van der Waals surface area (Å²) in [7, 11) is 0. The average Bonchev–Trinajstić information content (AvgIpc) is 3.49. The Morgan fingerprint density at radius 1 is 1.08 bits per heavy atom. The van der Waals surface area contributed by atoms with Gasteiger partial charge in [0.25, 0.3) is 5.91 Å². The van der Waals surface area contributed by atoms with Gasteiger partial charge in [-0.2, -0.15) is 5.26 Å². The van der Waals surface area contributed by atoms with Gasteiger partial charge in [0.15, 0.2) is 5.76 Å². The molecule has 1 atom stereocenters. The number of anilines is 1. The van der Waals surface area contributed by atoms with Crippen LogP contribution >= 0.6 is 11.3 Å². The number of hydrogen-bond donors (Lipinski definition) is 1. The fraction of sp³-hybridized carbons (Fsp3) is 0.161. The van der Waals surface area contributed by atoms with Crippen molar-refractivity contribution in [3.8, 4) is 22.4 Å². The Morgan fingerprint density at radius 3 is 2.41 bits per heavy atom. The third-order valence-corrected chi connectivity index (χ3v) is 7.62. The molecule has 0 saturated heterocycles. The Kier molecular flexibility index (Phi) is 7.26. The number of carbonyl (C=O) groups is 2. The highest BCUT2D eigenvalue weighted by atomic mass is 32.1. The van der Waals surface area contributed by atoms with Gasteiger partial charge in [-0.05, 0) is 55.3 Å². The van der Waals surface area contributed by atoms with E-state index in [0.717, 1.165) is 12.0 Å². The molecule has 0 aliphatic carbocycles. The molecule has 1 aliphatic heterocycles. The number of nitriles is 1. The van der Waals surface area contributed by atoms with Crippen LogP contribution in [0.25, 0.3) is 10.6 Å². The number of Topliss-reactive ketones (excluding diaryl/α,β-unsaturated/α-hetero) is 1. The molecule has 2 heterocycles. The van der Waals surface area contributed by atoms with Crippen LogP contribution in [0.2, 0.25) is 0 Å². The molecule has 0 fully saturated rings. The number of ether oxygens (including phenoxy) is 1. The first-order valence-corrected chi connectivity index (χ1v) is 13.3. The first-order valence-electron chi connectivity index (χ1n) is 12.5. The van der Waals surface area contributed by atoms with Crippen molar-refractivity contribution >= 4 is 28.7 Å². The monoisotopic (exact) mass is 535 g/mol. The first-order chi connectivity index (χ1) is 18.9. The van der Waals surface area contributed by atoms with Gasteiger partial charge in [0.2, 0.25) is 5.78 Å². The Hall–Kier alpha value is -4.74. The molecule has 1 N–H and O–H groups in total. The lowest BCUT2D eigenvalue weighted by atomic mass is 9.94. The molecule has 0 saturated carbocycles. The van der Waals surface area contributed by atoms with E-state index in [0.29, 0.717) is 44.7 Å². The maximum absolute atomic E-state index is 14.0. The number of benzene rings is 3. The van der Waals surface area contributed by atoms with Crippen molar-refractivity contribution in [2.24, 2.45) is 0 Å². The van der Waals surface area contributed by atoms with Crippen molar-refractivity contribution in [2.45, 2.75) is 26.3 Å². The van der Waals surface area contributed by atoms with Crippen LogP contribution in [0, 0.1) is 18.3 Å². The second-order valence-electron chi connectivity index (χ2n) is 9.04. The Balaban J connectivity index is 1.59. The predicted molar refractivity (Wildman–Crippen MR) is 150 cm³/mol. The number of aryl methyl sites for hydroxylation is 1. The van der Waals surface area contributed by atoms with Crippen molar-refractivity contribution in [2.75, 3.05) is 11.5 Å². The van der Waals surface area contributed by atoms with E-state index < -0.39 is 23.5 Å². The van der Waals surface area contributed by atoms with Crippen molar-refractivity contribution in [1.82, 2.24) is 4.98 Å². The Bertz CT molecular complexity index is 1600. The average molecular weight is 536 g/mol. The van der Waals surface area contributed by atoms with Gasteiger partial charge >= 0.3 is 0 Å². The molecule has 1 unspecified atom stereocenters. The second kappa shape index (κ2) is 10.9. The zero-order valence-electron chi connectivity index (χ0n) is 21.4. The fourth-order valence-electron chi connectivity index (χ4n) is 4.52. The molecule has 0 spiro atoms. The van der Waals surface area contributed by atoms with Crippen LogP contribution in [0.4, 0.5) is 5.69 Å². The minimum absolute atomic E-state index is 0.0158. The van der Waals surface area contributed by atoms with Gasteiger partial charge in [-0.15, -0.1) is 11.3 Å². The molecule has 0 radical (unpaired) electrons. The lowest BCUT2D eigenvalue weighted by Crippen LogP contribution is -2.31. The number of rotatable bonds is 8. The summed E-state index contributed by atoms with van der Waals surface area (Å²) in [6.45, 7) is 4.33. The van der Waals surface area contributed by atoms with E-state index >= 15 is 0 Å². The van der Waals surface area contributed by atoms with Gasteiger partial charge in [0.1, 0.15) is 10.8 Å². The maximum Gasteiger partial charge on any atom is 0.294 e. The largest absolute Gasteiger partial charge is 0.503 e. The number of thiazole rings is 1. The third-order valence-electron chi connectivity index (χ3n) is 6.42. The summed E-state index contributed by atoms with van der Waals surface area (Å²) in [5.74, 6) is -1.08. The van der Waals surface area contributed by atoms with E-state index in [2.05, 4.69) is 11.1 Å². The van der Waals surface area contributed by atoms with Crippen LogP contribution in [0.5, 0.6) is 5.75 Å². The highest BCUT2D eigenvalue weighted by Gasteiger charge is 2.45. The van der Waals surface area contributed by atoms with E-state index in [-0.39, 0.29) is 5.57 Å². The molecule has 0 bridgehead atoms. The van der Waals surface area contributed by atoms with Crippen LogP contribution in [0.3, 0.4) is 0 Å². The van der Waals surface area contributed by atoms with Gasteiger partial charge < -0.3 is 9.84 Å². The summed E-state index contributed by atoms with van der Waals surface area (Å²) in [5, 5.41) is 21.0. The number of aromatic nitrogens is 1. The number of carbonyl (C=O) groups excluding carboxylic acids is 2. The van der Waals surface area contributed by atoms with E-state index in [9.17, 15) is 20.0 Å². The second-order valence-corrected chi connectivity index (χ2v) is 10.0. The number of hydrogen-bond acceptors (Lipinski definition) is 7. The summed E-state index contributed by atoms with van der Waals surface area (Å²) < 4.78 is 5.71. The topological polar surface area (TPSA) is 104 Å². The fourth-order valence-corrected chi connectivity index (χ4v) is 5.54. The van der Waals surface area contributed by atoms with Gasteiger partial charge in [0.05, 0.1) is 40.4 Å². The summed E-state index contributed by atoms with van der Waals surface area (Å²) in [6.07, 6.45) is 0.861. The number of ketones is 1. The quantitative estimate of drug-likeness (QED) is 0.256. The molecule has 3 aromatic carbocycles. The summed E-state index contributed by atoms with van der Waals surface area (Å²) >= 11 is 1.23. The zero-order valence-corrected chi connectivity index (χ0v) is 22.2. The van der Waals surface area contributed by atoms with E-state index in [1.54, 1.807) is 55.5 Å². The molecule has 5 rings (SSSR count). The summed E-state index contributed by atoms with van der Waals surface area (Å²) in [4.78, 5) is 33.9. The molecule has 1 aromatic heterocycles. The zero-order chi connectivity index (χ0) is 27.5. The van der Waals surface area contributed by atoms with E-state index in [1.807, 2.05) is 37.3 Å². The Morgan fingerprint density at radius 2 is 1.77 bits per heavy atom. The number of aliphatic hydroxyl groups excluding tert-OH is 1. The minimum Gasteiger partial charge on any atom is -0.503 e. The lowest BCUT2D eigenvalue weighted by molar-refractivity contribution is -0.117. The van der Waals surface area contributed by atoms with Gasteiger partial charge in [-0.3, -0.25) is 14.5 Å². The highest BCUT2D eigenvalue weighted by molar-refractivity contribution is 7.17. The Labute approximate surface area is 230 Å². The number of aliphatic hydroxyl groups is 1. The van der Waals surface area contributed by atoms with Crippen molar-refractivity contribution in [3.05, 3.63) is 112 Å². The molecule has 1 aliphatic rings. The SMILES string of the molecule is CCCOc1ccc(C2C(C(=O)c3sc(-c4ccccc4)nc3C)=C(O)C(=O)N2c2ccc(C#N)cc2)cc1. The molecule has 39 heavy (non-hydrogen) atoms. The molecular weight excluding hydrogens is 510 g/mol. The van der Waals surface area contributed by atoms with Crippen LogP contribution in [0.15, 0.2) is 90.2 Å². The lowest BCUT2D eigenvalue weighted by Gasteiger charge is -2.27. The standard InChI is InChI=1S/C31H25N3O4S/c1-3-17-38-24-15-11-21(12-16-24)26-25(28(36)31(37)34(26)23-13-9-20(18-32)10-14-23)27(35)29-19(2)33-30(39-29)22-7-5-4-6-8-22/h4-16,26,36H,3,17H2,1-2H3. The molecule has 4 aromatic rings. The minimum atomic E-state index is -0.889. The normalized spacial score (nSPS) is 14.9. The van der Waals surface area contributed by atoms with Gasteiger partial charge in [-0.25, -0.2) is 4.98 Å². The number of nitrogens with zero attached hydrogens (tertiary/aromatic N) is 3. The predicted octanol–water partition coefficient (Wildman–Crippen LogP) is 6.56. The maximum atomic E-state index is 14.0. The molecular formula is C31H25N3O4S. The third kappa shape index (κ3) is 4.92. The van der Waals surface area contributed by atoms with Crippen LogP contribution in [-0.2, 0) is 4.79 Å². The van der Waals surface area contributed by atoms with Crippen LogP contribution in [-0.4, -0.2) is 28.4 Å². The molecule has 194 valence electrons. The first kappa shape index (κ1) is 25.9. The van der Waals surface area contributed by atoms with Crippen molar-refractivity contribution in [3.63, 3.8) is 0 Å². The van der Waals surface area contributed by atoms with Crippen LogP contribution in [0.1, 0.15) is 45.9 Å². The van der Waals surface area contributed by atoms with Crippen LogP contribution < -0.4 is 9.64 Å². The molecule has 7 nitrogen and oxygen atoms in total. The molecule has 1 amide bonds. The highest BCUT2D eigenvalue weighted by Crippen LogP contribution is 2.43. The number of amides is 1. The molecule has 8 heteroatoms. The van der Waals surface area contributed by atoms with Crippen molar-refractivity contribution < 1.29 is 19.4 Å². The van der Waals surface area contributed by atoms with Gasteiger partial charge in [-0.1, -0.05) is 49.4 Å². The van der Waals surface area contributed by atoms with Crippen molar-refractivity contribution in [1.29, 1.82) is 5.26 Å². The van der Waals surface area contributed by atoms with Gasteiger partial charge in [0, 0.05) is 11.3 Å². The summed E-state index contributed by atoms with van der Waals surface area (Å²) in [5.41, 5.74) is 2.91. The van der Waals surface area contributed by atoms with E-state index in [4.69, 9.17) is 4.74 Å².